The number of rotatable bonds is 8. The molecule has 1 saturated heterocycles. The lowest BCUT2D eigenvalue weighted by Crippen LogP contribution is -2.55. The quantitative estimate of drug-likeness (QED) is 0.690. The van der Waals surface area contributed by atoms with Gasteiger partial charge in [0.05, 0.1) is 13.2 Å². The third kappa shape index (κ3) is 3.50. The summed E-state index contributed by atoms with van der Waals surface area (Å²) < 4.78 is 17.8. The molecule has 1 aliphatic heterocycles. The lowest BCUT2D eigenvalue weighted by Gasteiger charge is -2.40. The summed E-state index contributed by atoms with van der Waals surface area (Å²) in [7, 11) is -2.32. The van der Waals surface area contributed by atoms with E-state index in [1.165, 1.54) is 5.19 Å². The van der Waals surface area contributed by atoms with Gasteiger partial charge in [-0.3, -0.25) is 0 Å². The number of hydrogen-bond acceptors (Lipinski definition) is 3. The van der Waals surface area contributed by atoms with Gasteiger partial charge in [0.15, 0.2) is 0 Å². The molecule has 4 heteroatoms. The molecule has 0 amide bonds. The summed E-state index contributed by atoms with van der Waals surface area (Å²) in [5.41, 5.74) is 0.307. The van der Waals surface area contributed by atoms with Gasteiger partial charge in [-0.25, -0.2) is 0 Å². The second kappa shape index (κ2) is 6.85. The average molecular weight is 294 g/mol. The van der Waals surface area contributed by atoms with Crippen molar-refractivity contribution in [1.82, 2.24) is 0 Å². The molecule has 1 aromatic rings. The van der Waals surface area contributed by atoms with Crippen molar-refractivity contribution in [1.29, 1.82) is 0 Å². The van der Waals surface area contributed by atoms with Gasteiger partial charge in [-0.2, -0.15) is 0 Å². The highest BCUT2D eigenvalue weighted by molar-refractivity contribution is 6.81. The molecule has 3 nitrogen and oxygen atoms in total. The van der Waals surface area contributed by atoms with Crippen LogP contribution in [0.4, 0.5) is 0 Å². The maximum atomic E-state index is 6.20. The van der Waals surface area contributed by atoms with Crippen molar-refractivity contribution in [2.45, 2.75) is 33.2 Å². The minimum absolute atomic E-state index is 0.307. The lowest BCUT2D eigenvalue weighted by atomic mass is 9.86. The van der Waals surface area contributed by atoms with Gasteiger partial charge in [0.2, 0.25) is 0 Å². The molecule has 0 unspecified atom stereocenters. The van der Waals surface area contributed by atoms with Gasteiger partial charge in [0.25, 0.3) is 0 Å². The van der Waals surface area contributed by atoms with E-state index in [4.69, 9.17) is 13.6 Å². The van der Waals surface area contributed by atoms with E-state index >= 15 is 0 Å². The van der Waals surface area contributed by atoms with E-state index < -0.39 is 8.56 Å². The van der Waals surface area contributed by atoms with Gasteiger partial charge in [0, 0.05) is 18.6 Å². The molecule has 1 heterocycles. The smallest absolute Gasteiger partial charge is 0.372 e. The van der Waals surface area contributed by atoms with Crippen LogP contribution in [0.1, 0.15) is 27.2 Å². The van der Waals surface area contributed by atoms with Crippen molar-refractivity contribution in [3.05, 3.63) is 30.3 Å². The Bertz CT molecular complexity index is 397. The van der Waals surface area contributed by atoms with E-state index in [0.29, 0.717) is 18.6 Å². The fraction of sp³-hybridized carbons (Fsp3) is 0.625. The maximum absolute atomic E-state index is 6.20. The van der Waals surface area contributed by atoms with Crippen molar-refractivity contribution in [2.24, 2.45) is 5.41 Å². The summed E-state index contributed by atoms with van der Waals surface area (Å²) in [5.74, 6) is 0. The molecule has 112 valence electrons. The monoisotopic (exact) mass is 294 g/mol. The van der Waals surface area contributed by atoms with Crippen LogP contribution in [0.5, 0.6) is 0 Å². The molecule has 0 N–H and O–H groups in total. The first-order valence-electron chi connectivity index (χ1n) is 7.55. The summed E-state index contributed by atoms with van der Waals surface area (Å²) in [4.78, 5) is 0. The maximum Gasteiger partial charge on any atom is 0.372 e. The van der Waals surface area contributed by atoms with Crippen molar-refractivity contribution in [3.63, 3.8) is 0 Å². The Morgan fingerprint density at radius 2 is 1.70 bits per heavy atom. The zero-order chi connectivity index (χ0) is 14.5. The van der Waals surface area contributed by atoms with E-state index in [9.17, 15) is 0 Å². The largest absolute Gasteiger partial charge is 0.391 e. The third-order valence-electron chi connectivity index (χ3n) is 3.93. The van der Waals surface area contributed by atoms with Crippen LogP contribution < -0.4 is 5.19 Å². The molecular weight excluding hydrogens is 268 g/mol. The second-order valence-corrected chi connectivity index (χ2v) is 8.95. The van der Waals surface area contributed by atoms with Crippen LogP contribution in [0, 0.1) is 5.41 Å². The van der Waals surface area contributed by atoms with Crippen LogP contribution in [0.15, 0.2) is 30.3 Å². The molecule has 1 fully saturated rings. The Kier molecular flexibility index (Phi) is 5.38. The molecule has 2 rings (SSSR count). The highest BCUT2D eigenvalue weighted by Crippen LogP contribution is 2.34. The van der Waals surface area contributed by atoms with E-state index in [1.807, 2.05) is 6.07 Å². The van der Waals surface area contributed by atoms with Gasteiger partial charge in [-0.1, -0.05) is 37.3 Å². The van der Waals surface area contributed by atoms with E-state index in [1.54, 1.807) is 0 Å². The van der Waals surface area contributed by atoms with Crippen LogP contribution in [-0.4, -0.2) is 35.0 Å². The molecule has 0 aliphatic carbocycles. The Hall–Kier alpha value is -0.683. The second-order valence-electron chi connectivity index (χ2n) is 5.79. The van der Waals surface area contributed by atoms with Crippen LogP contribution in [-0.2, 0) is 13.6 Å². The van der Waals surface area contributed by atoms with Crippen molar-refractivity contribution >= 4 is 13.7 Å². The van der Waals surface area contributed by atoms with Crippen molar-refractivity contribution < 1.29 is 13.6 Å². The Morgan fingerprint density at radius 3 is 2.15 bits per heavy atom. The highest BCUT2D eigenvalue weighted by Gasteiger charge is 2.43. The number of hydrogen-bond donors (Lipinski definition) is 0. The number of ether oxygens (including phenoxy) is 1. The molecule has 0 aromatic heterocycles. The van der Waals surface area contributed by atoms with E-state index in [-0.39, 0.29) is 0 Å². The van der Waals surface area contributed by atoms with Gasteiger partial charge in [-0.05, 0) is 31.5 Å². The number of benzene rings is 1. The zero-order valence-electron chi connectivity index (χ0n) is 12.9. The lowest BCUT2D eigenvalue weighted by molar-refractivity contribution is -0.104. The molecule has 0 bridgehead atoms. The van der Waals surface area contributed by atoms with Gasteiger partial charge >= 0.3 is 8.56 Å². The molecule has 0 saturated carbocycles. The fourth-order valence-corrected chi connectivity index (χ4v) is 6.28. The first kappa shape index (κ1) is 15.7. The van der Waals surface area contributed by atoms with Crippen LogP contribution >= 0.6 is 0 Å². The fourth-order valence-electron chi connectivity index (χ4n) is 2.72. The molecule has 0 radical (unpaired) electrons. The van der Waals surface area contributed by atoms with Crippen LogP contribution in [0.25, 0.3) is 0 Å². The summed E-state index contributed by atoms with van der Waals surface area (Å²) >= 11 is 0. The molecular formula is C16H26O3Si. The van der Waals surface area contributed by atoms with E-state index in [2.05, 4.69) is 45.0 Å². The van der Waals surface area contributed by atoms with Gasteiger partial charge in [0.1, 0.15) is 0 Å². The predicted molar refractivity (Wildman–Crippen MR) is 83.4 cm³/mol. The van der Waals surface area contributed by atoms with Crippen LogP contribution in [0.3, 0.4) is 0 Å². The van der Waals surface area contributed by atoms with Gasteiger partial charge in [-0.15, -0.1) is 0 Å². The predicted octanol–water partition coefficient (Wildman–Crippen LogP) is 2.84. The minimum Gasteiger partial charge on any atom is -0.391 e. The normalized spacial score (nSPS) is 17.8. The Morgan fingerprint density at radius 1 is 1.10 bits per heavy atom. The molecule has 1 aromatic carbocycles. The molecule has 1 aliphatic rings. The van der Waals surface area contributed by atoms with Gasteiger partial charge < -0.3 is 13.6 Å². The van der Waals surface area contributed by atoms with Crippen molar-refractivity contribution in [2.75, 3.05) is 26.4 Å². The molecule has 20 heavy (non-hydrogen) atoms. The molecule has 0 atom stereocenters. The summed E-state index contributed by atoms with van der Waals surface area (Å²) in [6, 6.07) is 11.5. The first-order chi connectivity index (χ1) is 9.64. The highest BCUT2D eigenvalue weighted by atomic mass is 28.4. The summed E-state index contributed by atoms with van der Waals surface area (Å²) in [6.45, 7) is 9.53. The van der Waals surface area contributed by atoms with Crippen LogP contribution in [0.2, 0.25) is 6.04 Å². The SMILES string of the molecule is CCO[Si](CCC1(C)COC1)(OCC)c1ccccc1. The third-order valence-corrected chi connectivity index (χ3v) is 7.56. The summed E-state index contributed by atoms with van der Waals surface area (Å²) in [5, 5.41) is 1.24. The molecule has 0 spiro atoms. The Balaban J connectivity index is 2.17. The average Bonchev–Trinajstić information content (AvgIpc) is 2.44. The zero-order valence-corrected chi connectivity index (χ0v) is 13.9. The minimum atomic E-state index is -2.32. The summed E-state index contributed by atoms with van der Waals surface area (Å²) in [6.07, 6.45) is 1.11. The van der Waals surface area contributed by atoms with Crippen molar-refractivity contribution in [3.8, 4) is 0 Å². The Labute approximate surface area is 123 Å². The van der Waals surface area contributed by atoms with E-state index in [0.717, 1.165) is 25.7 Å². The first-order valence-corrected chi connectivity index (χ1v) is 9.58. The standard InChI is InChI=1S/C16H26O3Si/c1-4-18-20(19-5-2,15-9-7-6-8-10-15)12-11-16(3)13-17-14-16/h6-10H,4-5,11-14H2,1-3H3. The topological polar surface area (TPSA) is 27.7 Å².